The van der Waals surface area contributed by atoms with Gasteiger partial charge in [-0.1, -0.05) is 0 Å². The molecule has 2 heterocycles. The van der Waals surface area contributed by atoms with Crippen LogP contribution in [0.1, 0.15) is 15.9 Å². The molecule has 2 N–H and O–H groups in total. The Morgan fingerprint density at radius 1 is 1.23 bits per heavy atom. The third-order valence-electron chi connectivity index (χ3n) is 3.46. The van der Waals surface area contributed by atoms with Crippen molar-refractivity contribution >= 4 is 42.1 Å². The highest BCUT2D eigenvalue weighted by atomic mass is 35.5. The van der Waals surface area contributed by atoms with E-state index in [-0.39, 0.29) is 36.6 Å². The van der Waals surface area contributed by atoms with Crippen molar-refractivity contribution < 1.29 is 22.7 Å². The number of halogens is 5. The number of nitrogens with zero attached hydrogens (tertiary/aromatic N) is 1. The Morgan fingerprint density at radius 2 is 2.00 bits per heavy atom. The quantitative estimate of drug-likeness (QED) is 0.798. The van der Waals surface area contributed by atoms with Crippen LogP contribution in [0, 0.1) is 0 Å². The summed E-state index contributed by atoms with van der Waals surface area (Å²) in [7, 11) is 0. The molecule has 1 aliphatic rings. The van der Waals surface area contributed by atoms with Gasteiger partial charge in [0.15, 0.2) is 6.61 Å². The van der Waals surface area contributed by atoms with E-state index in [0.29, 0.717) is 11.3 Å². The van der Waals surface area contributed by atoms with Crippen LogP contribution in [0.4, 0.5) is 24.5 Å². The number of rotatable bonds is 4. The Hall–Kier alpha value is -2.19. The summed E-state index contributed by atoms with van der Waals surface area (Å²) in [4.78, 5) is 16.0. The molecule has 0 spiro atoms. The molecule has 3 rings (SSSR count). The average Bonchev–Trinajstić information content (AvgIpc) is 3.01. The van der Waals surface area contributed by atoms with Crippen molar-refractivity contribution in [3.63, 3.8) is 0 Å². The zero-order valence-corrected chi connectivity index (χ0v) is 14.9. The van der Waals surface area contributed by atoms with Crippen LogP contribution in [0.2, 0.25) is 0 Å². The van der Waals surface area contributed by atoms with Gasteiger partial charge in [0.25, 0.3) is 5.91 Å². The van der Waals surface area contributed by atoms with E-state index in [1.807, 2.05) is 12.1 Å². The molecular weight excluding hydrogens is 394 g/mol. The van der Waals surface area contributed by atoms with Crippen molar-refractivity contribution in [2.24, 2.45) is 0 Å². The molecule has 0 radical (unpaired) electrons. The Morgan fingerprint density at radius 3 is 2.65 bits per heavy atom. The van der Waals surface area contributed by atoms with Crippen LogP contribution in [-0.4, -0.2) is 30.2 Å². The SMILES string of the molecule is Cl.Cl.O=C(Nc1ccc(OCC(F)(F)F)nc1)c1ccc2c(c1)CCN2. The van der Waals surface area contributed by atoms with E-state index in [0.717, 1.165) is 24.2 Å². The number of hydrogen-bond donors (Lipinski definition) is 2. The molecular formula is C16H16Cl2F3N3O2. The molecule has 1 aromatic carbocycles. The van der Waals surface area contributed by atoms with Crippen molar-refractivity contribution in [3.05, 3.63) is 47.7 Å². The summed E-state index contributed by atoms with van der Waals surface area (Å²) >= 11 is 0. The van der Waals surface area contributed by atoms with Gasteiger partial charge in [0.1, 0.15) is 0 Å². The molecule has 0 atom stereocenters. The van der Waals surface area contributed by atoms with E-state index >= 15 is 0 Å². The van der Waals surface area contributed by atoms with Crippen molar-refractivity contribution in [1.82, 2.24) is 4.98 Å². The van der Waals surface area contributed by atoms with E-state index in [1.165, 1.54) is 18.3 Å². The smallest absolute Gasteiger partial charge is 0.422 e. The van der Waals surface area contributed by atoms with Gasteiger partial charge < -0.3 is 15.4 Å². The maximum atomic E-state index is 12.2. The number of carbonyl (C=O) groups excluding carboxylic acids is 1. The van der Waals surface area contributed by atoms with Gasteiger partial charge in [0.05, 0.1) is 11.9 Å². The number of ether oxygens (including phenoxy) is 1. The van der Waals surface area contributed by atoms with Crippen LogP contribution >= 0.6 is 24.8 Å². The summed E-state index contributed by atoms with van der Waals surface area (Å²) in [6.07, 6.45) is -2.31. The van der Waals surface area contributed by atoms with Gasteiger partial charge in [-0.3, -0.25) is 4.79 Å². The van der Waals surface area contributed by atoms with Crippen molar-refractivity contribution in [3.8, 4) is 5.88 Å². The highest BCUT2D eigenvalue weighted by Gasteiger charge is 2.28. The van der Waals surface area contributed by atoms with Gasteiger partial charge in [0.2, 0.25) is 5.88 Å². The number of benzene rings is 1. The van der Waals surface area contributed by atoms with Crippen LogP contribution in [0.15, 0.2) is 36.5 Å². The summed E-state index contributed by atoms with van der Waals surface area (Å²) in [5.41, 5.74) is 2.99. The summed E-state index contributed by atoms with van der Waals surface area (Å²) in [6, 6.07) is 8.09. The first-order valence-corrected chi connectivity index (χ1v) is 7.24. The zero-order valence-electron chi connectivity index (χ0n) is 13.3. The first-order valence-electron chi connectivity index (χ1n) is 7.24. The van der Waals surface area contributed by atoms with Crippen molar-refractivity contribution in [1.29, 1.82) is 0 Å². The number of anilines is 2. The summed E-state index contributed by atoms with van der Waals surface area (Å²) in [5, 5.41) is 5.86. The second-order valence-electron chi connectivity index (χ2n) is 5.29. The molecule has 0 fully saturated rings. The minimum atomic E-state index is -4.42. The third-order valence-corrected chi connectivity index (χ3v) is 3.46. The first kappa shape index (κ1) is 21.9. The number of carbonyl (C=O) groups is 1. The molecule has 2 aromatic rings. The lowest BCUT2D eigenvalue weighted by molar-refractivity contribution is -0.154. The Labute approximate surface area is 160 Å². The van der Waals surface area contributed by atoms with Gasteiger partial charge in [-0.2, -0.15) is 13.2 Å². The Kier molecular flexibility index (Phi) is 7.53. The van der Waals surface area contributed by atoms with Gasteiger partial charge in [-0.15, -0.1) is 24.8 Å². The summed E-state index contributed by atoms with van der Waals surface area (Å²) in [6.45, 7) is -0.557. The van der Waals surface area contributed by atoms with E-state index < -0.39 is 12.8 Å². The lowest BCUT2D eigenvalue weighted by Crippen LogP contribution is -2.19. The van der Waals surface area contributed by atoms with Crippen LogP contribution < -0.4 is 15.4 Å². The largest absolute Gasteiger partial charge is 0.468 e. The predicted octanol–water partition coefficient (Wildman–Crippen LogP) is 4.09. The van der Waals surface area contributed by atoms with Gasteiger partial charge in [-0.25, -0.2) is 4.98 Å². The van der Waals surface area contributed by atoms with Gasteiger partial charge >= 0.3 is 6.18 Å². The molecule has 0 aliphatic carbocycles. The molecule has 0 unspecified atom stereocenters. The van der Waals surface area contributed by atoms with Gasteiger partial charge in [0, 0.05) is 23.9 Å². The molecule has 10 heteroatoms. The lowest BCUT2D eigenvalue weighted by Gasteiger charge is -2.09. The van der Waals surface area contributed by atoms with Gasteiger partial charge in [-0.05, 0) is 36.2 Å². The molecule has 5 nitrogen and oxygen atoms in total. The maximum Gasteiger partial charge on any atom is 0.422 e. The number of hydrogen-bond acceptors (Lipinski definition) is 4. The molecule has 1 amide bonds. The number of aromatic nitrogens is 1. The molecule has 1 aliphatic heterocycles. The standard InChI is InChI=1S/C16H14F3N3O2.2ClH/c17-16(18,19)9-24-14-4-2-12(8-21-14)22-15(23)11-1-3-13-10(7-11)5-6-20-13;;/h1-4,7-8,20H,5-6,9H2,(H,22,23);2*1H. The summed E-state index contributed by atoms with van der Waals surface area (Å²) < 4.78 is 40.7. The van der Waals surface area contributed by atoms with Crippen LogP contribution in [0.3, 0.4) is 0 Å². The number of amides is 1. The third kappa shape index (κ3) is 5.67. The van der Waals surface area contributed by atoms with E-state index in [4.69, 9.17) is 0 Å². The van der Waals surface area contributed by atoms with Crippen molar-refractivity contribution in [2.45, 2.75) is 12.6 Å². The number of fused-ring (bicyclic) bond motifs is 1. The second kappa shape index (κ2) is 8.95. The van der Waals surface area contributed by atoms with E-state index in [1.54, 1.807) is 6.07 Å². The van der Waals surface area contributed by atoms with Crippen LogP contribution in [0.5, 0.6) is 5.88 Å². The fourth-order valence-corrected chi connectivity index (χ4v) is 2.34. The molecule has 0 bridgehead atoms. The normalized spacial score (nSPS) is 12.1. The molecule has 1 aromatic heterocycles. The second-order valence-corrected chi connectivity index (χ2v) is 5.29. The average molecular weight is 410 g/mol. The molecule has 0 saturated carbocycles. The Balaban J connectivity index is 0.00000169. The monoisotopic (exact) mass is 409 g/mol. The number of nitrogens with one attached hydrogen (secondary N) is 2. The number of alkyl halides is 3. The van der Waals surface area contributed by atoms with E-state index in [2.05, 4.69) is 20.4 Å². The highest BCUT2D eigenvalue weighted by molar-refractivity contribution is 6.04. The zero-order chi connectivity index (χ0) is 17.2. The van der Waals surface area contributed by atoms with E-state index in [9.17, 15) is 18.0 Å². The first-order chi connectivity index (χ1) is 11.4. The fourth-order valence-electron chi connectivity index (χ4n) is 2.34. The summed E-state index contributed by atoms with van der Waals surface area (Å²) in [5.74, 6) is -0.468. The topological polar surface area (TPSA) is 63.2 Å². The minimum Gasteiger partial charge on any atom is -0.468 e. The molecule has 0 saturated heterocycles. The number of pyridine rings is 1. The fraction of sp³-hybridized carbons (Fsp3) is 0.250. The van der Waals surface area contributed by atoms with Crippen molar-refractivity contribution in [2.75, 3.05) is 23.8 Å². The minimum absolute atomic E-state index is 0. The molecule has 142 valence electrons. The van der Waals surface area contributed by atoms with Crippen LogP contribution in [0.25, 0.3) is 0 Å². The molecule has 26 heavy (non-hydrogen) atoms. The Bertz CT molecular complexity index is 755. The lowest BCUT2D eigenvalue weighted by atomic mass is 10.1. The van der Waals surface area contributed by atoms with Crippen LogP contribution in [-0.2, 0) is 6.42 Å². The predicted molar refractivity (Wildman–Crippen MR) is 96.9 cm³/mol. The maximum absolute atomic E-state index is 12.2. The highest BCUT2D eigenvalue weighted by Crippen LogP contribution is 2.23.